The third kappa shape index (κ3) is 5.71. The summed E-state index contributed by atoms with van der Waals surface area (Å²) >= 11 is 0. The largest absolute Gasteiger partial charge is 0.416 e. The third-order valence-electron chi connectivity index (χ3n) is 6.50. The number of alkyl halides is 3. The first-order valence-electron chi connectivity index (χ1n) is 12.2. The van der Waals surface area contributed by atoms with Crippen molar-refractivity contribution in [2.45, 2.75) is 45.3 Å². The molecule has 210 valence electrons. The van der Waals surface area contributed by atoms with Crippen LogP contribution in [0.15, 0.2) is 68.8 Å². The highest BCUT2D eigenvalue weighted by atomic mass is 32.2. The number of benzene rings is 2. The summed E-state index contributed by atoms with van der Waals surface area (Å²) in [6.45, 7) is 6.30. The van der Waals surface area contributed by atoms with Crippen LogP contribution < -0.4 is 10.5 Å². The van der Waals surface area contributed by atoms with E-state index < -0.39 is 33.0 Å². The van der Waals surface area contributed by atoms with Crippen molar-refractivity contribution in [2.24, 2.45) is 0 Å². The Kier molecular flexibility index (Phi) is 7.75. The van der Waals surface area contributed by atoms with Gasteiger partial charge in [-0.15, -0.1) is 0 Å². The van der Waals surface area contributed by atoms with Crippen molar-refractivity contribution in [1.29, 1.82) is 0 Å². The molecule has 4 aromatic rings. The molecular weight excluding hydrogens is 547 g/mol. The molecule has 8 nitrogen and oxygen atoms in total. The second-order valence-electron chi connectivity index (χ2n) is 9.24. The Morgan fingerprint density at radius 1 is 1.05 bits per heavy atom. The SMILES string of the molecule is CCS(=O)(=O)c1ccc(CN(C(=O)c2cc(-c3c(C)noc3C)c(C)[nH]c2=O)c2cccc(C(F)(F)F)c2)cc1. The second-order valence-corrected chi connectivity index (χ2v) is 11.5. The number of hydrogen-bond acceptors (Lipinski definition) is 6. The molecule has 0 saturated heterocycles. The first-order chi connectivity index (χ1) is 18.7. The van der Waals surface area contributed by atoms with Crippen molar-refractivity contribution >= 4 is 21.4 Å². The lowest BCUT2D eigenvalue weighted by atomic mass is 10.0. The highest BCUT2D eigenvalue weighted by Gasteiger charge is 2.32. The summed E-state index contributed by atoms with van der Waals surface area (Å²) in [7, 11) is -3.48. The average molecular weight is 574 g/mol. The van der Waals surface area contributed by atoms with Gasteiger partial charge in [-0.2, -0.15) is 13.2 Å². The summed E-state index contributed by atoms with van der Waals surface area (Å²) in [4.78, 5) is 30.7. The molecule has 2 heterocycles. The van der Waals surface area contributed by atoms with E-state index in [4.69, 9.17) is 4.52 Å². The van der Waals surface area contributed by atoms with Gasteiger partial charge in [0.25, 0.3) is 11.5 Å². The van der Waals surface area contributed by atoms with Crippen LogP contribution in [0, 0.1) is 20.8 Å². The highest BCUT2D eigenvalue weighted by Crippen LogP contribution is 2.33. The van der Waals surface area contributed by atoms with Gasteiger partial charge in [0.15, 0.2) is 9.84 Å². The monoisotopic (exact) mass is 573 g/mol. The summed E-state index contributed by atoms with van der Waals surface area (Å²) in [5.74, 6) is -0.494. The van der Waals surface area contributed by atoms with Gasteiger partial charge in [0, 0.05) is 22.5 Å². The van der Waals surface area contributed by atoms with Crippen molar-refractivity contribution in [3.05, 3.63) is 98.8 Å². The number of pyridine rings is 1. The molecule has 0 unspecified atom stereocenters. The first-order valence-corrected chi connectivity index (χ1v) is 13.9. The van der Waals surface area contributed by atoms with Gasteiger partial charge in [-0.05, 0) is 62.7 Å². The first kappa shape index (κ1) is 28.8. The van der Waals surface area contributed by atoms with Crippen molar-refractivity contribution in [3.8, 4) is 11.1 Å². The fraction of sp³-hybridized carbons (Fsp3) is 0.250. The van der Waals surface area contributed by atoms with Gasteiger partial charge in [-0.1, -0.05) is 30.3 Å². The van der Waals surface area contributed by atoms with Gasteiger partial charge >= 0.3 is 6.18 Å². The zero-order chi connectivity index (χ0) is 29.4. The van der Waals surface area contributed by atoms with Crippen molar-refractivity contribution in [2.75, 3.05) is 10.7 Å². The van der Waals surface area contributed by atoms with Crippen molar-refractivity contribution in [1.82, 2.24) is 10.1 Å². The molecule has 0 spiro atoms. The molecule has 1 amide bonds. The number of aryl methyl sites for hydroxylation is 3. The zero-order valence-corrected chi connectivity index (χ0v) is 22.9. The molecule has 0 radical (unpaired) electrons. The van der Waals surface area contributed by atoms with Gasteiger partial charge in [0.05, 0.1) is 28.5 Å². The van der Waals surface area contributed by atoms with Crippen molar-refractivity contribution in [3.63, 3.8) is 0 Å². The number of aromatic amines is 1. The number of aromatic nitrogens is 2. The Bertz CT molecular complexity index is 1720. The molecule has 2 aromatic carbocycles. The smallest absolute Gasteiger partial charge is 0.361 e. The quantitative estimate of drug-likeness (QED) is 0.307. The van der Waals surface area contributed by atoms with E-state index in [0.717, 1.165) is 17.0 Å². The number of carbonyl (C=O) groups is 1. The van der Waals surface area contributed by atoms with E-state index >= 15 is 0 Å². The second kappa shape index (κ2) is 10.8. The fourth-order valence-electron chi connectivity index (χ4n) is 4.34. The average Bonchev–Trinajstić information content (AvgIpc) is 3.24. The van der Waals surface area contributed by atoms with E-state index in [9.17, 15) is 31.2 Å². The molecule has 12 heteroatoms. The molecule has 0 aliphatic heterocycles. The Morgan fingerprint density at radius 2 is 1.73 bits per heavy atom. The number of sulfone groups is 1. The predicted octanol–water partition coefficient (Wildman–Crippen LogP) is 5.61. The highest BCUT2D eigenvalue weighted by molar-refractivity contribution is 7.91. The van der Waals surface area contributed by atoms with E-state index in [-0.39, 0.29) is 28.4 Å². The molecule has 0 bridgehead atoms. The number of nitrogens with one attached hydrogen (secondary N) is 1. The van der Waals surface area contributed by atoms with Gasteiger partial charge in [-0.3, -0.25) is 9.59 Å². The number of hydrogen-bond donors (Lipinski definition) is 1. The van der Waals surface area contributed by atoms with Crippen LogP contribution in [0.2, 0.25) is 0 Å². The molecule has 0 fully saturated rings. The Labute approximate surface area is 228 Å². The van der Waals surface area contributed by atoms with Crippen LogP contribution in [0.3, 0.4) is 0 Å². The summed E-state index contributed by atoms with van der Waals surface area (Å²) in [6, 6.07) is 11.3. The molecule has 1 N–H and O–H groups in total. The van der Waals surface area contributed by atoms with Gasteiger partial charge in [0.2, 0.25) is 0 Å². The standard InChI is InChI=1S/C28H26F3N3O5S/c1-5-40(37,38)22-11-9-19(10-12-22)15-34(21-8-6-7-20(13-21)28(29,30)31)27(36)24-14-23(16(2)32-26(24)35)25-17(3)33-39-18(25)4/h6-14H,5,15H2,1-4H3,(H,32,35). The third-order valence-corrected chi connectivity index (χ3v) is 8.26. The van der Waals surface area contributed by atoms with Crippen LogP contribution in [0.5, 0.6) is 0 Å². The molecular formula is C28H26F3N3O5S. The lowest BCUT2D eigenvalue weighted by molar-refractivity contribution is -0.137. The Morgan fingerprint density at radius 3 is 2.30 bits per heavy atom. The number of halogens is 3. The maximum atomic E-state index is 13.9. The van der Waals surface area contributed by atoms with E-state index in [2.05, 4.69) is 10.1 Å². The minimum atomic E-state index is -4.67. The molecule has 0 aliphatic rings. The summed E-state index contributed by atoms with van der Waals surface area (Å²) in [6.07, 6.45) is -4.67. The number of H-pyrrole nitrogens is 1. The minimum Gasteiger partial charge on any atom is -0.361 e. The fourth-order valence-corrected chi connectivity index (χ4v) is 5.22. The van der Waals surface area contributed by atoms with Crippen LogP contribution in [-0.4, -0.2) is 30.2 Å². The minimum absolute atomic E-state index is 0.0785. The summed E-state index contributed by atoms with van der Waals surface area (Å²) < 4.78 is 70.2. The van der Waals surface area contributed by atoms with Crippen LogP contribution >= 0.6 is 0 Å². The lowest BCUT2D eigenvalue weighted by Gasteiger charge is -2.24. The van der Waals surface area contributed by atoms with Crippen LogP contribution in [0.25, 0.3) is 11.1 Å². The molecule has 0 aliphatic carbocycles. The number of amides is 1. The molecule has 0 saturated carbocycles. The lowest BCUT2D eigenvalue weighted by Crippen LogP contribution is -2.35. The number of nitrogens with zero attached hydrogens (tertiary/aromatic N) is 2. The van der Waals surface area contributed by atoms with Gasteiger partial charge < -0.3 is 14.4 Å². The van der Waals surface area contributed by atoms with Crippen LogP contribution in [0.1, 0.15) is 45.6 Å². The summed E-state index contributed by atoms with van der Waals surface area (Å²) in [5, 5.41) is 3.92. The Balaban J connectivity index is 1.84. The van der Waals surface area contributed by atoms with E-state index in [1.54, 1.807) is 20.8 Å². The van der Waals surface area contributed by atoms with E-state index in [1.165, 1.54) is 49.4 Å². The molecule has 4 rings (SSSR count). The topological polar surface area (TPSA) is 113 Å². The van der Waals surface area contributed by atoms with E-state index in [0.29, 0.717) is 33.8 Å². The number of anilines is 1. The normalized spacial score (nSPS) is 12.0. The number of rotatable bonds is 7. The predicted molar refractivity (Wildman–Crippen MR) is 143 cm³/mol. The van der Waals surface area contributed by atoms with Gasteiger partial charge in [0.1, 0.15) is 11.3 Å². The maximum Gasteiger partial charge on any atom is 0.416 e. The Hall–Kier alpha value is -4.19. The van der Waals surface area contributed by atoms with Crippen LogP contribution in [0.4, 0.5) is 18.9 Å². The molecule has 0 atom stereocenters. The maximum absolute atomic E-state index is 13.9. The summed E-state index contributed by atoms with van der Waals surface area (Å²) in [5.41, 5.74) is 0.402. The van der Waals surface area contributed by atoms with Gasteiger partial charge in [-0.25, -0.2) is 8.42 Å². The number of carbonyl (C=O) groups excluding carboxylic acids is 1. The zero-order valence-electron chi connectivity index (χ0n) is 22.1. The molecule has 2 aromatic heterocycles. The van der Waals surface area contributed by atoms with E-state index in [1.807, 2.05) is 0 Å². The van der Waals surface area contributed by atoms with Crippen molar-refractivity contribution < 1.29 is 30.9 Å². The molecule has 40 heavy (non-hydrogen) atoms. The van der Waals surface area contributed by atoms with Crippen LogP contribution in [-0.2, 0) is 22.6 Å².